The maximum absolute atomic E-state index is 6.29. The molecule has 0 saturated carbocycles. The highest BCUT2D eigenvalue weighted by Gasteiger charge is 2.23. The summed E-state index contributed by atoms with van der Waals surface area (Å²) in [7, 11) is 0. The Morgan fingerprint density at radius 3 is 1.55 bits per heavy atom. The van der Waals surface area contributed by atoms with E-state index in [1.54, 1.807) is 0 Å². The van der Waals surface area contributed by atoms with E-state index in [9.17, 15) is 0 Å². The van der Waals surface area contributed by atoms with Crippen LogP contribution < -0.4 is 0 Å². The van der Waals surface area contributed by atoms with Crippen LogP contribution >= 0.6 is 0 Å². The van der Waals surface area contributed by atoms with Crippen LogP contribution in [0.1, 0.15) is 0 Å². The molecule has 322 valence electrons. The van der Waals surface area contributed by atoms with Crippen molar-refractivity contribution in [3.8, 4) is 67.8 Å². The first kappa shape index (κ1) is 38.8. The van der Waals surface area contributed by atoms with Crippen LogP contribution in [0.2, 0.25) is 0 Å². The number of fused-ring (bicyclic) bond motifs is 9. The molecule has 0 atom stereocenters. The molecule has 69 heavy (non-hydrogen) atoms. The molecule has 0 radical (unpaired) electrons. The Bertz CT molecular complexity index is 4250. The molecular formula is C62H38N6O. The number of benzene rings is 9. The number of aromatic nitrogens is 6. The predicted octanol–water partition coefficient (Wildman–Crippen LogP) is 15.7. The standard InChI is InChI=1S/C62H38N6O/c1-4-16-39(17-5-1)60-64-61(40-18-6-2-7-19-40)66-62(65-60)48-30-29-43(35-49(48)44-32-33-63-38-53(44)41-28-31-59-52(34-41)47-24-12-15-27-58(47)69-59)68-55-26-14-11-23-46(55)51-36-50-45-22-10-13-25-54(45)67(56(50)37-57(51)68)42-20-8-3-9-21-42/h1-38H. The van der Waals surface area contributed by atoms with Crippen LogP contribution in [-0.2, 0) is 0 Å². The van der Waals surface area contributed by atoms with E-state index in [-0.39, 0.29) is 0 Å². The summed E-state index contributed by atoms with van der Waals surface area (Å²) in [6.07, 6.45) is 3.84. The minimum absolute atomic E-state index is 0.569. The number of pyridine rings is 1. The molecule has 0 aliphatic carbocycles. The lowest BCUT2D eigenvalue weighted by Crippen LogP contribution is -2.02. The average Bonchev–Trinajstić information content (AvgIpc) is 4.07. The highest BCUT2D eigenvalue weighted by molar-refractivity contribution is 6.19. The second-order valence-corrected chi connectivity index (χ2v) is 17.4. The summed E-state index contributed by atoms with van der Waals surface area (Å²) in [6, 6.07) is 76.6. The van der Waals surface area contributed by atoms with Gasteiger partial charge < -0.3 is 13.6 Å². The lowest BCUT2D eigenvalue weighted by Gasteiger charge is -2.17. The second-order valence-electron chi connectivity index (χ2n) is 17.4. The molecule has 0 spiro atoms. The molecule has 0 aliphatic heterocycles. The Hall–Kier alpha value is -9.46. The lowest BCUT2D eigenvalue weighted by atomic mass is 9.92. The van der Waals surface area contributed by atoms with E-state index in [0.717, 1.165) is 88.8 Å². The first-order chi connectivity index (χ1) is 34.2. The van der Waals surface area contributed by atoms with Crippen molar-refractivity contribution in [3.63, 3.8) is 0 Å². The van der Waals surface area contributed by atoms with Crippen LogP contribution in [-0.4, -0.2) is 29.1 Å². The third kappa shape index (κ3) is 6.29. The SMILES string of the molecule is c1ccc(-c2nc(-c3ccccc3)nc(-c3ccc(-n4c5ccccc5c5cc6c7ccccc7n(-c7ccccc7)c6cc54)cc3-c3ccncc3-c3ccc4oc5ccccc5c4c3)n2)cc1. The quantitative estimate of drug-likeness (QED) is 0.159. The van der Waals surface area contributed by atoms with E-state index < -0.39 is 0 Å². The molecule has 0 amide bonds. The minimum Gasteiger partial charge on any atom is -0.456 e. The molecule has 5 aromatic heterocycles. The summed E-state index contributed by atoms with van der Waals surface area (Å²) in [4.78, 5) is 20.4. The molecule has 0 bridgehead atoms. The van der Waals surface area contributed by atoms with Crippen LogP contribution in [0.25, 0.3) is 133 Å². The number of rotatable bonds is 7. The van der Waals surface area contributed by atoms with Crippen molar-refractivity contribution in [3.05, 3.63) is 231 Å². The smallest absolute Gasteiger partial charge is 0.164 e. The van der Waals surface area contributed by atoms with E-state index in [4.69, 9.17) is 24.4 Å². The van der Waals surface area contributed by atoms with E-state index in [0.29, 0.717) is 17.5 Å². The van der Waals surface area contributed by atoms with Gasteiger partial charge in [0.1, 0.15) is 11.2 Å². The molecule has 0 unspecified atom stereocenters. The molecule has 14 aromatic rings. The summed E-state index contributed by atoms with van der Waals surface area (Å²) >= 11 is 0. The molecule has 0 N–H and O–H groups in total. The summed E-state index contributed by atoms with van der Waals surface area (Å²) in [5, 5.41) is 6.91. The van der Waals surface area contributed by atoms with Crippen LogP contribution in [0.5, 0.6) is 0 Å². The summed E-state index contributed by atoms with van der Waals surface area (Å²) in [5.41, 5.74) is 15.0. The van der Waals surface area contributed by atoms with Crippen LogP contribution in [0.4, 0.5) is 0 Å². The van der Waals surface area contributed by atoms with E-state index in [2.05, 4.69) is 155 Å². The monoisotopic (exact) mass is 882 g/mol. The highest BCUT2D eigenvalue weighted by Crippen LogP contribution is 2.44. The van der Waals surface area contributed by atoms with Crippen molar-refractivity contribution in [1.82, 2.24) is 29.1 Å². The van der Waals surface area contributed by atoms with Crippen molar-refractivity contribution >= 4 is 65.6 Å². The zero-order valence-corrected chi connectivity index (χ0v) is 37.0. The van der Waals surface area contributed by atoms with Crippen molar-refractivity contribution < 1.29 is 4.42 Å². The van der Waals surface area contributed by atoms with Gasteiger partial charge in [0.2, 0.25) is 0 Å². The fraction of sp³-hybridized carbons (Fsp3) is 0. The van der Waals surface area contributed by atoms with Gasteiger partial charge in [0, 0.05) is 78.3 Å². The Labute approximate surface area is 395 Å². The third-order valence-electron chi connectivity index (χ3n) is 13.5. The van der Waals surface area contributed by atoms with Crippen molar-refractivity contribution in [2.24, 2.45) is 0 Å². The van der Waals surface area contributed by atoms with Gasteiger partial charge in [-0.3, -0.25) is 4.98 Å². The zero-order valence-electron chi connectivity index (χ0n) is 37.0. The maximum Gasteiger partial charge on any atom is 0.164 e. The zero-order chi connectivity index (χ0) is 45.4. The van der Waals surface area contributed by atoms with Gasteiger partial charge in [-0.2, -0.15) is 0 Å². The minimum atomic E-state index is 0.569. The van der Waals surface area contributed by atoms with Gasteiger partial charge in [-0.15, -0.1) is 0 Å². The van der Waals surface area contributed by atoms with E-state index in [1.165, 1.54) is 27.1 Å². The molecule has 0 fully saturated rings. The predicted molar refractivity (Wildman–Crippen MR) is 281 cm³/mol. The van der Waals surface area contributed by atoms with Gasteiger partial charge in [-0.05, 0) is 95.6 Å². The first-order valence-corrected chi connectivity index (χ1v) is 23.1. The molecule has 9 aromatic carbocycles. The Morgan fingerprint density at radius 2 is 0.870 bits per heavy atom. The fourth-order valence-corrected chi connectivity index (χ4v) is 10.3. The van der Waals surface area contributed by atoms with Crippen LogP contribution in [0, 0.1) is 0 Å². The van der Waals surface area contributed by atoms with Crippen molar-refractivity contribution in [1.29, 1.82) is 0 Å². The van der Waals surface area contributed by atoms with Crippen molar-refractivity contribution in [2.45, 2.75) is 0 Å². The molecular weight excluding hydrogens is 845 g/mol. The molecule has 5 heterocycles. The Morgan fingerprint density at radius 1 is 0.304 bits per heavy atom. The van der Waals surface area contributed by atoms with E-state index >= 15 is 0 Å². The number of furan rings is 1. The molecule has 0 saturated heterocycles. The highest BCUT2D eigenvalue weighted by atomic mass is 16.3. The van der Waals surface area contributed by atoms with Gasteiger partial charge in [-0.1, -0.05) is 140 Å². The largest absolute Gasteiger partial charge is 0.456 e. The number of hydrogen-bond donors (Lipinski definition) is 0. The first-order valence-electron chi connectivity index (χ1n) is 23.1. The third-order valence-corrected chi connectivity index (χ3v) is 13.5. The van der Waals surface area contributed by atoms with Gasteiger partial charge in [0.15, 0.2) is 17.5 Å². The average molecular weight is 883 g/mol. The van der Waals surface area contributed by atoms with Crippen LogP contribution in [0.15, 0.2) is 235 Å². The summed E-state index contributed by atoms with van der Waals surface area (Å²) in [5.74, 6) is 1.77. The number of nitrogens with zero attached hydrogens (tertiary/aromatic N) is 6. The number of para-hydroxylation sites is 4. The second kappa shape index (κ2) is 15.6. The Kier molecular flexibility index (Phi) is 8.75. The summed E-state index contributed by atoms with van der Waals surface area (Å²) < 4.78 is 11.1. The maximum atomic E-state index is 6.29. The lowest BCUT2D eigenvalue weighted by molar-refractivity contribution is 0.669. The fourth-order valence-electron chi connectivity index (χ4n) is 10.3. The van der Waals surface area contributed by atoms with Gasteiger partial charge in [0.25, 0.3) is 0 Å². The normalized spacial score (nSPS) is 11.8. The van der Waals surface area contributed by atoms with E-state index in [1.807, 2.05) is 85.2 Å². The van der Waals surface area contributed by atoms with Gasteiger partial charge in [0.05, 0.1) is 22.1 Å². The molecule has 7 nitrogen and oxygen atoms in total. The van der Waals surface area contributed by atoms with Crippen molar-refractivity contribution in [2.75, 3.05) is 0 Å². The summed E-state index contributed by atoms with van der Waals surface area (Å²) in [6.45, 7) is 0. The van der Waals surface area contributed by atoms with Gasteiger partial charge >= 0.3 is 0 Å². The Balaban J connectivity index is 1.06. The number of hydrogen-bond acceptors (Lipinski definition) is 5. The molecule has 7 heteroatoms. The molecule has 0 aliphatic rings. The van der Waals surface area contributed by atoms with Crippen LogP contribution in [0.3, 0.4) is 0 Å². The topological polar surface area (TPSA) is 74.6 Å². The molecule has 14 rings (SSSR count). The van der Waals surface area contributed by atoms with Gasteiger partial charge in [-0.25, -0.2) is 15.0 Å².